The molecule has 160 valence electrons. The third-order valence-electron chi connectivity index (χ3n) is 5.04. The van der Waals surface area contributed by atoms with Gasteiger partial charge in [0, 0.05) is 11.6 Å². The Morgan fingerprint density at radius 1 is 1.06 bits per heavy atom. The van der Waals surface area contributed by atoms with Crippen molar-refractivity contribution in [2.45, 2.75) is 19.4 Å². The first-order valence-corrected chi connectivity index (χ1v) is 11.9. The number of carbonyl (C=O) groups excluding carboxylic acids is 1. The minimum Gasteiger partial charge on any atom is -0.454 e. The van der Waals surface area contributed by atoms with Gasteiger partial charge in [0.05, 0.1) is 22.7 Å². The number of nitrogens with one attached hydrogen (secondary N) is 1. The Balaban J connectivity index is 1.58. The lowest BCUT2D eigenvalue weighted by molar-refractivity contribution is 0.102. The molecule has 0 bridgehead atoms. The van der Waals surface area contributed by atoms with Crippen molar-refractivity contribution >= 4 is 38.9 Å². The molecule has 0 spiro atoms. The maximum Gasteiger partial charge on any atom is 0.255 e. The molecule has 1 heterocycles. The minimum absolute atomic E-state index is 0.187. The number of ether oxygens (including phenoxy) is 1. The molecule has 0 saturated carbocycles. The van der Waals surface area contributed by atoms with Crippen LogP contribution < -0.4 is 14.4 Å². The van der Waals surface area contributed by atoms with E-state index in [1.807, 2.05) is 19.1 Å². The quantitative estimate of drug-likeness (QED) is 0.579. The average molecular weight is 457 g/mol. The second kappa shape index (κ2) is 8.24. The van der Waals surface area contributed by atoms with Crippen LogP contribution in [-0.4, -0.2) is 26.6 Å². The van der Waals surface area contributed by atoms with Crippen LogP contribution >= 0.6 is 11.6 Å². The topological polar surface area (TPSA) is 75.7 Å². The van der Waals surface area contributed by atoms with Crippen molar-refractivity contribution in [2.24, 2.45) is 0 Å². The summed E-state index contributed by atoms with van der Waals surface area (Å²) in [7, 11) is -3.38. The van der Waals surface area contributed by atoms with Gasteiger partial charge in [0.1, 0.15) is 5.75 Å². The van der Waals surface area contributed by atoms with Crippen molar-refractivity contribution < 1.29 is 17.9 Å². The van der Waals surface area contributed by atoms with Gasteiger partial charge in [0.25, 0.3) is 5.91 Å². The standard InChI is InChI=1S/C23H21ClN2O4S/c1-15-13-17-14-16(11-12-20(17)26(15)31(2,28)29)23(27)25-19-8-4-6-10-22(19)30-21-9-5-3-7-18(21)24/h3-12,14-15H,13H2,1-2H3,(H,25,27). The molecule has 6 nitrogen and oxygen atoms in total. The first kappa shape index (κ1) is 21.2. The zero-order valence-electron chi connectivity index (χ0n) is 17.0. The molecule has 0 radical (unpaired) electrons. The van der Waals surface area contributed by atoms with Gasteiger partial charge in [-0.15, -0.1) is 0 Å². The summed E-state index contributed by atoms with van der Waals surface area (Å²) in [6.07, 6.45) is 1.74. The maximum absolute atomic E-state index is 12.9. The normalized spacial score (nSPS) is 15.5. The molecule has 4 rings (SSSR count). The zero-order valence-corrected chi connectivity index (χ0v) is 18.6. The number of anilines is 2. The van der Waals surface area contributed by atoms with Crippen molar-refractivity contribution in [1.29, 1.82) is 0 Å². The summed E-state index contributed by atoms with van der Waals surface area (Å²) in [6.45, 7) is 1.85. The highest BCUT2D eigenvalue weighted by atomic mass is 35.5. The van der Waals surface area contributed by atoms with Crippen LogP contribution in [0, 0.1) is 0 Å². The second-order valence-corrected chi connectivity index (χ2v) is 9.70. The first-order valence-electron chi connectivity index (χ1n) is 9.69. The SMILES string of the molecule is CC1Cc2cc(C(=O)Nc3ccccc3Oc3ccccc3Cl)ccc2N1S(C)(=O)=O. The van der Waals surface area contributed by atoms with E-state index >= 15 is 0 Å². The number of hydrogen-bond acceptors (Lipinski definition) is 4. The van der Waals surface area contributed by atoms with Crippen LogP contribution in [0.1, 0.15) is 22.8 Å². The van der Waals surface area contributed by atoms with E-state index in [0.717, 1.165) is 5.56 Å². The number of halogens is 1. The molecule has 0 saturated heterocycles. The van der Waals surface area contributed by atoms with Gasteiger partial charge in [-0.3, -0.25) is 9.10 Å². The van der Waals surface area contributed by atoms with Crippen LogP contribution in [0.15, 0.2) is 66.7 Å². The molecular formula is C23H21ClN2O4S. The highest BCUT2D eigenvalue weighted by Gasteiger charge is 2.32. The van der Waals surface area contributed by atoms with Gasteiger partial charge in [-0.1, -0.05) is 35.9 Å². The van der Waals surface area contributed by atoms with E-state index in [1.165, 1.54) is 10.6 Å². The van der Waals surface area contributed by atoms with Crippen LogP contribution in [0.3, 0.4) is 0 Å². The molecule has 3 aromatic rings. The van der Waals surface area contributed by atoms with E-state index < -0.39 is 10.0 Å². The Morgan fingerprint density at radius 2 is 1.74 bits per heavy atom. The van der Waals surface area contributed by atoms with E-state index in [-0.39, 0.29) is 11.9 Å². The number of rotatable bonds is 5. The molecule has 1 N–H and O–H groups in total. The summed E-state index contributed by atoms with van der Waals surface area (Å²) in [5, 5.41) is 3.34. The van der Waals surface area contributed by atoms with Crippen molar-refractivity contribution in [3.63, 3.8) is 0 Å². The summed E-state index contributed by atoms with van der Waals surface area (Å²) in [5.41, 5.74) is 2.38. The number of hydrogen-bond donors (Lipinski definition) is 1. The predicted octanol–water partition coefficient (Wildman–Crippen LogP) is 5.10. The summed E-state index contributed by atoms with van der Waals surface area (Å²) in [6, 6.07) is 19.0. The second-order valence-electron chi connectivity index (χ2n) is 7.44. The smallest absolute Gasteiger partial charge is 0.255 e. The van der Waals surface area contributed by atoms with Gasteiger partial charge in [-0.25, -0.2) is 8.42 Å². The average Bonchev–Trinajstić information content (AvgIpc) is 3.06. The van der Waals surface area contributed by atoms with Crippen LogP contribution in [0.2, 0.25) is 5.02 Å². The monoisotopic (exact) mass is 456 g/mol. The van der Waals surface area contributed by atoms with Crippen molar-refractivity contribution in [3.05, 3.63) is 82.9 Å². The molecule has 1 aliphatic heterocycles. The molecule has 0 aliphatic carbocycles. The summed E-state index contributed by atoms with van der Waals surface area (Å²) in [5.74, 6) is 0.628. The van der Waals surface area contributed by atoms with E-state index in [9.17, 15) is 13.2 Å². The van der Waals surface area contributed by atoms with Gasteiger partial charge in [0.15, 0.2) is 5.75 Å². The molecular weight excluding hydrogens is 436 g/mol. The molecule has 1 atom stereocenters. The molecule has 1 aliphatic rings. The number of carbonyl (C=O) groups is 1. The summed E-state index contributed by atoms with van der Waals surface area (Å²) < 4.78 is 31.5. The minimum atomic E-state index is -3.38. The van der Waals surface area contributed by atoms with Crippen LogP contribution in [0.4, 0.5) is 11.4 Å². The Morgan fingerprint density at radius 3 is 2.45 bits per heavy atom. The zero-order chi connectivity index (χ0) is 22.2. The lowest BCUT2D eigenvalue weighted by Gasteiger charge is -2.22. The van der Waals surface area contributed by atoms with Crippen LogP contribution in [-0.2, 0) is 16.4 Å². The van der Waals surface area contributed by atoms with Gasteiger partial charge in [-0.2, -0.15) is 0 Å². The highest BCUT2D eigenvalue weighted by Crippen LogP contribution is 2.36. The molecule has 3 aromatic carbocycles. The third-order valence-corrected chi connectivity index (χ3v) is 6.63. The van der Waals surface area contributed by atoms with E-state index in [1.54, 1.807) is 54.6 Å². The van der Waals surface area contributed by atoms with E-state index in [4.69, 9.17) is 16.3 Å². The number of sulfonamides is 1. The maximum atomic E-state index is 12.9. The van der Waals surface area contributed by atoms with Crippen LogP contribution in [0.25, 0.3) is 0 Å². The van der Waals surface area contributed by atoms with Crippen LogP contribution in [0.5, 0.6) is 11.5 Å². The number of nitrogens with zero attached hydrogens (tertiary/aromatic N) is 1. The largest absolute Gasteiger partial charge is 0.454 e. The van der Waals surface area contributed by atoms with Gasteiger partial charge in [-0.05, 0) is 61.4 Å². The molecule has 1 unspecified atom stereocenters. The molecule has 8 heteroatoms. The Kier molecular flexibility index (Phi) is 5.64. The number of amides is 1. The van der Waals surface area contributed by atoms with Crippen molar-refractivity contribution in [1.82, 2.24) is 0 Å². The van der Waals surface area contributed by atoms with Crippen molar-refractivity contribution in [3.8, 4) is 11.5 Å². The highest BCUT2D eigenvalue weighted by molar-refractivity contribution is 7.92. The van der Waals surface area contributed by atoms with Gasteiger partial charge >= 0.3 is 0 Å². The Hall–Kier alpha value is -3.03. The number of benzene rings is 3. The predicted molar refractivity (Wildman–Crippen MR) is 123 cm³/mol. The number of fused-ring (bicyclic) bond motifs is 1. The summed E-state index contributed by atoms with van der Waals surface area (Å²) in [4.78, 5) is 12.9. The molecule has 1 amide bonds. The van der Waals surface area contributed by atoms with E-state index in [2.05, 4.69) is 5.32 Å². The third kappa shape index (κ3) is 4.38. The Labute approximate surface area is 186 Å². The fourth-order valence-electron chi connectivity index (χ4n) is 3.75. The fraction of sp³-hybridized carbons (Fsp3) is 0.174. The molecule has 0 aromatic heterocycles. The molecule has 31 heavy (non-hydrogen) atoms. The van der Waals surface area contributed by atoms with Crippen molar-refractivity contribution in [2.75, 3.05) is 15.9 Å². The lowest BCUT2D eigenvalue weighted by Crippen LogP contribution is -2.34. The summed E-state index contributed by atoms with van der Waals surface area (Å²) >= 11 is 6.18. The number of para-hydroxylation sites is 3. The van der Waals surface area contributed by atoms with Gasteiger partial charge < -0.3 is 10.1 Å². The van der Waals surface area contributed by atoms with E-state index in [0.29, 0.717) is 39.9 Å². The molecule has 0 fully saturated rings. The fourth-order valence-corrected chi connectivity index (χ4v) is 5.19. The Bertz CT molecular complexity index is 1260. The first-order chi connectivity index (χ1) is 14.7. The van der Waals surface area contributed by atoms with Gasteiger partial charge in [0.2, 0.25) is 10.0 Å². The lowest BCUT2D eigenvalue weighted by atomic mass is 10.1.